The molecule has 1 aromatic carbocycles. The van der Waals surface area contributed by atoms with Gasteiger partial charge in [-0.2, -0.15) is 0 Å². The van der Waals surface area contributed by atoms with Gasteiger partial charge in [0.05, 0.1) is 37.1 Å². The highest BCUT2D eigenvalue weighted by Gasteiger charge is 2.38. The van der Waals surface area contributed by atoms with Crippen LogP contribution >= 0.6 is 24.8 Å². The van der Waals surface area contributed by atoms with Crippen LogP contribution in [-0.2, 0) is 4.79 Å². The molecule has 27 heavy (non-hydrogen) atoms. The molecule has 2 heterocycles. The lowest BCUT2D eigenvalue weighted by Crippen LogP contribution is -2.59. The number of amides is 3. The topological polar surface area (TPSA) is 81.8 Å². The van der Waals surface area contributed by atoms with Crippen LogP contribution in [0.2, 0.25) is 0 Å². The number of halogens is 2. The number of hydrogen-bond donors (Lipinski definition) is 2. The zero-order chi connectivity index (χ0) is 17.4. The van der Waals surface area contributed by atoms with Crippen molar-refractivity contribution in [3.8, 4) is 0 Å². The van der Waals surface area contributed by atoms with Crippen LogP contribution in [0.3, 0.4) is 0 Å². The van der Waals surface area contributed by atoms with Gasteiger partial charge in [0.25, 0.3) is 11.8 Å². The van der Waals surface area contributed by atoms with E-state index in [1.165, 1.54) is 11.3 Å². The lowest BCUT2D eigenvalue weighted by atomic mass is 9.82. The summed E-state index contributed by atoms with van der Waals surface area (Å²) in [5.41, 5.74) is 0.880. The molecule has 0 aromatic heterocycles. The average molecular weight is 415 g/mol. The molecule has 2 atom stereocenters. The maximum absolute atomic E-state index is 12.6. The van der Waals surface area contributed by atoms with Crippen molar-refractivity contribution in [1.29, 1.82) is 0 Å². The summed E-state index contributed by atoms with van der Waals surface area (Å²) in [4.78, 5) is 40.1. The summed E-state index contributed by atoms with van der Waals surface area (Å²) < 4.78 is 0. The van der Waals surface area contributed by atoms with Crippen LogP contribution in [0.15, 0.2) is 24.3 Å². The van der Waals surface area contributed by atoms with Gasteiger partial charge in [-0.1, -0.05) is 25.0 Å². The fourth-order valence-corrected chi connectivity index (χ4v) is 4.02. The summed E-state index contributed by atoms with van der Waals surface area (Å²) in [7, 11) is 0. The predicted molar refractivity (Wildman–Crippen MR) is 105 cm³/mol. The van der Waals surface area contributed by atoms with E-state index in [-0.39, 0.29) is 55.1 Å². The molecule has 2 unspecified atom stereocenters. The molecule has 3 aliphatic rings. The van der Waals surface area contributed by atoms with Crippen LogP contribution < -0.4 is 10.6 Å². The third-order valence-corrected chi connectivity index (χ3v) is 5.39. The van der Waals surface area contributed by atoms with Crippen molar-refractivity contribution in [2.24, 2.45) is 5.92 Å². The molecule has 0 radical (unpaired) electrons. The van der Waals surface area contributed by atoms with E-state index in [2.05, 4.69) is 10.6 Å². The molecular weight excluding hydrogens is 391 g/mol. The number of imide groups is 1. The van der Waals surface area contributed by atoms with Crippen molar-refractivity contribution in [2.75, 3.05) is 20.0 Å². The first-order valence-electron chi connectivity index (χ1n) is 8.85. The van der Waals surface area contributed by atoms with Crippen molar-refractivity contribution in [3.63, 3.8) is 0 Å². The Morgan fingerprint density at radius 1 is 0.963 bits per heavy atom. The van der Waals surface area contributed by atoms with Gasteiger partial charge < -0.3 is 4.90 Å². The Bertz CT molecular complexity index is 695. The standard InChI is InChI=1S/C18H22N4O3.2ClH/c23-16-14-7-3-4-8-15(14)20-11-21(16)9-19-10-22-17(24)12-5-1-2-6-13(12)18(22)25;;/h1-2,5-6,14-15,19-20H,3-4,7-11H2;2*1H. The van der Waals surface area contributed by atoms with Crippen molar-refractivity contribution >= 4 is 42.5 Å². The molecule has 148 valence electrons. The quantitative estimate of drug-likeness (QED) is 0.730. The lowest BCUT2D eigenvalue weighted by molar-refractivity contribution is -0.142. The Labute approximate surface area is 170 Å². The smallest absolute Gasteiger partial charge is 0.262 e. The Balaban J connectivity index is 0.00000131. The number of rotatable bonds is 4. The fraction of sp³-hybridized carbons (Fsp3) is 0.500. The summed E-state index contributed by atoms with van der Waals surface area (Å²) in [6, 6.07) is 7.13. The summed E-state index contributed by atoms with van der Waals surface area (Å²) in [6.45, 7) is 0.932. The maximum Gasteiger partial charge on any atom is 0.262 e. The lowest BCUT2D eigenvalue weighted by Gasteiger charge is -2.41. The molecule has 0 bridgehead atoms. The van der Waals surface area contributed by atoms with Gasteiger partial charge in [-0.3, -0.25) is 29.9 Å². The normalized spacial score (nSPS) is 24.1. The molecule has 1 saturated carbocycles. The van der Waals surface area contributed by atoms with E-state index in [1.807, 2.05) is 0 Å². The van der Waals surface area contributed by atoms with Crippen LogP contribution in [-0.4, -0.2) is 53.6 Å². The van der Waals surface area contributed by atoms with Gasteiger partial charge in [0.1, 0.15) is 0 Å². The molecule has 1 aliphatic carbocycles. The molecule has 1 aromatic rings. The zero-order valence-corrected chi connectivity index (χ0v) is 16.5. The van der Waals surface area contributed by atoms with Crippen molar-refractivity contribution in [3.05, 3.63) is 35.4 Å². The number of nitrogens with one attached hydrogen (secondary N) is 2. The van der Waals surface area contributed by atoms with E-state index in [0.29, 0.717) is 30.5 Å². The molecule has 2 aliphatic heterocycles. The second kappa shape index (κ2) is 9.01. The Hall–Kier alpha value is -1.67. The van der Waals surface area contributed by atoms with Crippen LogP contribution in [0.1, 0.15) is 46.4 Å². The summed E-state index contributed by atoms with van der Waals surface area (Å²) in [6.07, 6.45) is 4.28. The van der Waals surface area contributed by atoms with E-state index in [4.69, 9.17) is 0 Å². The number of nitrogens with zero attached hydrogens (tertiary/aromatic N) is 2. The summed E-state index contributed by atoms with van der Waals surface area (Å²) >= 11 is 0. The first-order valence-corrected chi connectivity index (χ1v) is 8.85. The summed E-state index contributed by atoms with van der Waals surface area (Å²) in [5.74, 6) is -0.353. The van der Waals surface area contributed by atoms with Gasteiger partial charge in [0, 0.05) is 6.04 Å². The Morgan fingerprint density at radius 2 is 1.59 bits per heavy atom. The van der Waals surface area contributed by atoms with E-state index in [0.717, 1.165) is 19.3 Å². The minimum atomic E-state index is -0.288. The largest absolute Gasteiger partial charge is 0.317 e. The number of carbonyl (C=O) groups excluding carboxylic acids is 3. The van der Waals surface area contributed by atoms with Crippen molar-refractivity contribution < 1.29 is 14.4 Å². The molecule has 2 N–H and O–H groups in total. The highest BCUT2D eigenvalue weighted by molar-refractivity contribution is 6.21. The van der Waals surface area contributed by atoms with Gasteiger partial charge in [0.15, 0.2) is 0 Å². The van der Waals surface area contributed by atoms with Crippen molar-refractivity contribution in [1.82, 2.24) is 20.4 Å². The fourth-order valence-electron chi connectivity index (χ4n) is 4.02. The molecular formula is C18H24Cl2N4O3. The number of fused-ring (bicyclic) bond motifs is 2. The third kappa shape index (κ3) is 3.96. The SMILES string of the molecule is Cl.Cl.O=C1C2CCCCC2NCN1CNCN1C(=O)c2ccccc2C1=O. The van der Waals surface area contributed by atoms with E-state index in [1.54, 1.807) is 29.2 Å². The highest BCUT2D eigenvalue weighted by atomic mass is 35.5. The van der Waals surface area contributed by atoms with Crippen LogP contribution in [0, 0.1) is 5.92 Å². The summed E-state index contributed by atoms with van der Waals surface area (Å²) in [5, 5.41) is 6.50. The predicted octanol–water partition coefficient (Wildman–Crippen LogP) is 1.58. The highest BCUT2D eigenvalue weighted by Crippen LogP contribution is 2.28. The number of benzene rings is 1. The zero-order valence-electron chi connectivity index (χ0n) is 14.8. The molecule has 1 saturated heterocycles. The van der Waals surface area contributed by atoms with E-state index < -0.39 is 0 Å². The third-order valence-electron chi connectivity index (χ3n) is 5.39. The molecule has 4 rings (SSSR count). The first kappa shape index (κ1) is 21.6. The molecule has 9 heteroatoms. The van der Waals surface area contributed by atoms with Gasteiger partial charge >= 0.3 is 0 Å². The van der Waals surface area contributed by atoms with Gasteiger partial charge in [-0.15, -0.1) is 24.8 Å². The van der Waals surface area contributed by atoms with Crippen LogP contribution in [0.25, 0.3) is 0 Å². The maximum atomic E-state index is 12.6. The second-order valence-corrected chi connectivity index (χ2v) is 6.89. The Kier molecular flexibility index (Phi) is 7.22. The minimum Gasteiger partial charge on any atom is -0.317 e. The van der Waals surface area contributed by atoms with Gasteiger partial charge in [-0.05, 0) is 25.0 Å². The van der Waals surface area contributed by atoms with E-state index in [9.17, 15) is 14.4 Å². The molecule has 3 amide bonds. The molecule has 2 fully saturated rings. The van der Waals surface area contributed by atoms with Crippen LogP contribution in [0.5, 0.6) is 0 Å². The average Bonchev–Trinajstić information content (AvgIpc) is 2.89. The molecule has 7 nitrogen and oxygen atoms in total. The first-order chi connectivity index (χ1) is 12.2. The second-order valence-electron chi connectivity index (χ2n) is 6.89. The van der Waals surface area contributed by atoms with Crippen LogP contribution in [0.4, 0.5) is 0 Å². The van der Waals surface area contributed by atoms with E-state index >= 15 is 0 Å². The Morgan fingerprint density at radius 3 is 2.26 bits per heavy atom. The monoisotopic (exact) mass is 414 g/mol. The number of carbonyl (C=O) groups is 3. The number of hydrogen-bond acceptors (Lipinski definition) is 5. The van der Waals surface area contributed by atoms with Gasteiger partial charge in [0.2, 0.25) is 5.91 Å². The van der Waals surface area contributed by atoms with Crippen molar-refractivity contribution in [2.45, 2.75) is 31.7 Å². The minimum absolute atomic E-state index is 0. The van der Waals surface area contributed by atoms with Gasteiger partial charge in [-0.25, -0.2) is 0 Å². The molecule has 0 spiro atoms.